The molecule has 0 bridgehead atoms. The highest BCUT2D eigenvalue weighted by Gasteiger charge is 2.32. The van der Waals surface area contributed by atoms with Crippen LogP contribution in [0, 0.1) is 0 Å². The number of anilines is 2. The highest BCUT2D eigenvalue weighted by Crippen LogP contribution is 2.36. The lowest BCUT2D eigenvalue weighted by atomic mass is 10.1. The van der Waals surface area contributed by atoms with Gasteiger partial charge in [0.15, 0.2) is 0 Å². The first kappa shape index (κ1) is 13.6. The summed E-state index contributed by atoms with van der Waals surface area (Å²) in [4.78, 5) is 15.7. The van der Waals surface area contributed by atoms with E-state index < -0.39 is 6.04 Å². The molecule has 2 N–H and O–H groups in total. The number of nitrogens with zero attached hydrogens (tertiary/aromatic N) is 2. The molecular formula is C15H21N3O. The summed E-state index contributed by atoms with van der Waals surface area (Å²) in [5.41, 5.74) is 9.93. The molecular weight excluding hydrogens is 238 g/mol. The van der Waals surface area contributed by atoms with Crippen LogP contribution in [0.25, 0.3) is 0 Å². The number of carbonyl (C=O) groups excluding carboxylic acids is 1. The molecule has 0 saturated heterocycles. The Morgan fingerprint density at radius 3 is 2.79 bits per heavy atom. The minimum Gasteiger partial charge on any atom is -0.368 e. The summed E-state index contributed by atoms with van der Waals surface area (Å²) >= 11 is 0. The largest absolute Gasteiger partial charge is 0.368 e. The molecule has 0 saturated carbocycles. The van der Waals surface area contributed by atoms with Crippen molar-refractivity contribution in [1.29, 1.82) is 0 Å². The van der Waals surface area contributed by atoms with Crippen LogP contribution in [0.4, 0.5) is 11.4 Å². The monoisotopic (exact) mass is 259 g/mol. The third kappa shape index (κ3) is 2.36. The molecule has 1 unspecified atom stereocenters. The van der Waals surface area contributed by atoms with Crippen molar-refractivity contribution in [2.45, 2.75) is 19.9 Å². The van der Waals surface area contributed by atoms with Crippen molar-refractivity contribution >= 4 is 17.3 Å². The number of carbonyl (C=O) groups is 1. The van der Waals surface area contributed by atoms with Crippen LogP contribution in [0.3, 0.4) is 0 Å². The lowest BCUT2D eigenvalue weighted by Gasteiger charge is -2.24. The zero-order chi connectivity index (χ0) is 14.2. The normalized spacial score (nSPS) is 17.6. The summed E-state index contributed by atoms with van der Waals surface area (Å²) in [6.45, 7) is 9.79. The topological polar surface area (TPSA) is 49.6 Å². The maximum Gasteiger partial charge on any atom is 0.248 e. The Balaban J connectivity index is 2.36. The van der Waals surface area contributed by atoms with Gasteiger partial charge in [0.2, 0.25) is 5.91 Å². The predicted octanol–water partition coefficient (Wildman–Crippen LogP) is 2.07. The van der Waals surface area contributed by atoms with E-state index in [1.807, 2.05) is 25.1 Å². The predicted molar refractivity (Wildman–Crippen MR) is 79.5 cm³/mol. The zero-order valence-corrected chi connectivity index (χ0v) is 11.8. The number of hydrogen-bond acceptors (Lipinski definition) is 3. The fourth-order valence-electron chi connectivity index (χ4n) is 2.45. The average Bonchev–Trinajstić information content (AvgIpc) is 2.60. The van der Waals surface area contributed by atoms with E-state index in [9.17, 15) is 4.79 Å². The molecule has 0 radical (unpaired) electrons. The Kier molecular flexibility index (Phi) is 3.62. The third-order valence-electron chi connectivity index (χ3n) is 3.51. The third-order valence-corrected chi connectivity index (χ3v) is 3.51. The van der Waals surface area contributed by atoms with Crippen molar-refractivity contribution < 1.29 is 4.79 Å². The Morgan fingerprint density at radius 1 is 1.53 bits per heavy atom. The van der Waals surface area contributed by atoms with Crippen LogP contribution >= 0.6 is 0 Å². The zero-order valence-electron chi connectivity index (χ0n) is 11.8. The van der Waals surface area contributed by atoms with Crippen molar-refractivity contribution in [3.63, 3.8) is 0 Å². The van der Waals surface area contributed by atoms with Gasteiger partial charge in [-0.1, -0.05) is 18.2 Å². The van der Waals surface area contributed by atoms with E-state index in [2.05, 4.69) is 18.4 Å². The minimum absolute atomic E-state index is 0.0462. The molecule has 2 rings (SSSR count). The summed E-state index contributed by atoms with van der Waals surface area (Å²) in [5.74, 6) is -0.0462. The molecule has 1 aliphatic heterocycles. The molecule has 1 atom stereocenters. The van der Waals surface area contributed by atoms with Crippen LogP contribution in [0.15, 0.2) is 30.4 Å². The van der Waals surface area contributed by atoms with Crippen LogP contribution < -0.4 is 15.5 Å². The van der Waals surface area contributed by atoms with Gasteiger partial charge in [0, 0.05) is 31.4 Å². The fraction of sp³-hybridized carbons (Fsp3) is 0.400. The van der Waals surface area contributed by atoms with Gasteiger partial charge in [-0.15, -0.1) is 0 Å². The highest BCUT2D eigenvalue weighted by atomic mass is 16.2. The Morgan fingerprint density at radius 2 is 2.21 bits per heavy atom. The SMILES string of the molecule is C=C(C)CN(CC)c1ccc2c(c1)N(C)C(=O)C2N. The van der Waals surface area contributed by atoms with Crippen molar-refractivity contribution in [3.8, 4) is 0 Å². The van der Waals surface area contributed by atoms with Gasteiger partial charge in [0.25, 0.3) is 0 Å². The summed E-state index contributed by atoms with van der Waals surface area (Å²) in [7, 11) is 1.77. The molecule has 0 aliphatic carbocycles. The second-order valence-electron chi connectivity index (χ2n) is 5.09. The summed E-state index contributed by atoms with van der Waals surface area (Å²) in [6, 6.07) is 5.49. The second-order valence-corrected chi connectivity index (χ2v) is 5.09. The number of rotatable bonds is 4. The second kappa shape index (κ2) is 5.05. The fourth-order valence-corrected chi connectivity index (χ4v) is 2.45. The van der Waals surface area contributed by atoms with Crippen LogP contribution in [0.5, 0.6) is 0 Å². The number of nitrogens with two attached hydrogens (primary N) is 1. The van der Waals surface area contributed by atoms with Gasteiger partial charge in [0.05, 0.1) is 5.69 Å². The van der Waals surface area contributed by atoms with E-state index in [-0.39, 0.29) is 5.91 Å². The van der Waals surface area contributed by atoms with Gasteiger partial charge >= 0.3 is 0 Å². The molecule has 1 aromatic rings. The molecule has 0 spiro atoms. The van der Waals surface area contributed by atoms with E-state index in [0.717, 1.165) is 35.6 Å². The molecule has 4 heteroatoms. The Labute approximate surface area is 114 Å². The number of amides is 1. The minimum atomic E-state index is -0.523. The lowest BCUT2D eigenvalue weighted by Crippen LogP contribution is -2.28. The summed E-state index contributed by atoms with van der Waals surface area (Å²) < 4.78 is 0. The molecule has 19 heavy (non-hydrogen) atoms. The van der Waals surface area contributed by atoms with Crippen molar-refractivity contribution in [2.75, 3.05) is 29.9 Å². The smallest absolute Gasteiger partial charge is 0.248 e. The van der Waals surface area contributed by atoms with Gasteiger partial charge < -0.3 is 15.5 Å². The van der Waals surface area contributed by atoms with Gasteiger partial charge in [-0.05, 0) is 26.0 Å². The van der Waals surface area contributed by atoms with Gasteiger partial charge in [0.1, 0.15) is 6.04 Å². The van der Waals surface area contributed by atoms with Crippen molar-refractivity contribution in [3.05, 3.63) is 35.9 Å². The maximum atomic E-state index is 11.9. The van der Waals surface area contributed by atoms with E-state index in [4.69, 9.17) is 5.73 Å². The van der Waals surface area contributed by atoms with Crippen LogP contribution in [0.1, 0.15) is 25.5 Å². The van der Waals surface area contributed by atoms with Crippen LogP contribution in [-0.4, -0.2) is 26.0 Å². The van der Waals surface area contributed by atoms with Crippen molar-refractivity contribution in [2.24, 2.45) is 5.73 Å². The average molecular weight is 259 g/mol. The molecule has 1 aromatic carbocycles. The molecule has 0 fully saturated rings. The Hall–Kier alpha value is -1.81. The van der Waals surface area contributed by atoms with Crippen molar-refractivity contribution in [1.82, 2.24) is 0 Å². The standard InChI is InChI=1S/C15H21N3O/c1-5-18(9-10(2)3)11-6-7-12-13(8-11)17(4)15(19)14(12)16/h6-8,14H,2,5,9,16H2,1,3-4H3. The molecule has 102 valence electrons. The number of fused-ring (bicyclic) bond motifs is 1. The first-order valence-electron chi connectivity index (χ1n) is 6.52. The number of hydrogen-bond donors (Lipinski definition) is 1. The summed E-state index contributed by atoms with van der Waals surface area (Å²) in [6.07, 6.45) is 0. The maximum absolute atomic E-state index is 11.9. The van der Waals surface area contributed by atoms with Gasteiger partial charge in [-0.2, -0.15) is 0 Å². The number of benzene rings is 1. The van der Waals surface area contributed by atoms with E-state index >= 15 is 0 Å². The molecule has 1 aliphatic rings. The molecule has 1 amide bonds. The first-order chi connectivity index (χ1) is 8.95. The summed E-state index contributed by atoms with van der Waals surface area (Å²) in [5, 5.41) is 0. The number of likely N-dealkylation sites (N-methyl/N-ethyl adjacent to an activating group) is 2. The molecule has 1 heterocycles. The van der Waals surface area contributed by atoms with E-state index in [0.29, 0.717) is 0 Å². The van der Waals surface area contributed by atoms with E-state index in [1.165, 1.54) is 0 Å². The van der Waals surface area contributed by atoms with Crippen LogP contribution in [-0.2, 0) is 4.79 Å². The molecule has 0 aromatic heterocycles. The molecule has 4 nitrogen and oxygen atoms in total. The Bertz CT molecular complexity index is 524. The van der Waals surface area contributed by atoms with E-state index in [1.54, 1.807) is 11.9 Å². The highest BCUT2D eigenvalue weighted by molar-refractivity contribution is 6.04. The van der Waals surface area contributed by atoms with Gasteiger partial charge in [-0.25, -0.2) is 0 Å². The quantitative estimate of drug-likeness (QED) is 0.842. The lowest BCUT2D eigenvalue weighted by molar-refractivity contribution is -0.118. The van der Waals surface area contributed by atoms with Gasteiger partial charge in [-0.3, -0.25) is 4.79 Å². The van der Waals surface area contributed by atoms with Crippen LogP contribution in [0.2, 0.25) is 0 Å². The first-order valence-corrected chi connectivity index (χ1v) is 6.52.